The zero-order valence-corrected chi connectivity index (χ0v) is 11.5. The molecule has 0 saturated carbocycles. The van der Waals surface area contributed by atoms with Crippen LogP contribution in [-0.2, 0) is 10.0 Å². The second kappa shape index (κ2) is 5.53. The van der Waals surface area contributed by atoms with E-state index in [9.17, 15) is 30.4 Å². The van der Waals surface area contributed by atoms with Crippen molar-refractivity contribution >= 4 is 10.0 Å². The fraction of sp³-hybridized carbons (Fsp3) is 0.500. The van der Waals surface area contributed by atoms with Gasteiger partial charge in [-0.2, -0.15) is 17.5 Å². The number of nitrogens with zero attached hydrogens (tertiary/aromatic N) is 1. The molecule has 0 amide bonds. The summed E-state index contributed by atoms with van der Waals surface area (Å²) in [4.78, 5) is -0.944. The molecule has 0 aliphatic carbocycles. The van der Waals surface area contributed by atoms with Gasteiger partial charge in [-0.3, -0.25) is 0 Å². The normalized spacial score (nSPS) is 21.5. The number of piperidine rings is 1. The van der Waals surface area contributed by atoms with Crippen LogP contribution >= 0.6 is 0 Å². The molecular weight excluding hydrogens is 317 g/mol. The third-order valence-electron chi connectivity index (χ3n) is 3.31. The van der Waals surface area contributed by atoms with Gasteiger partial charge in [-0.05, 0) is 25.0 Å². The van der Waals surface area contributed by atoms with Gasteiger partial charge in [0.15, 0.2) is 0 Å². The highest BCUT2D eigenvalue weighted by molar-refractivity contribution is 7.89. The van der Waals surface area contributed by atoms with E-state index in [-0.39, 0.29) is 30.1 Å². The molecule has 1 atom stereocenters. The lowest BCUT2D eigenvalue weighted by Crippen LogP contribution is -2.51. The van der Waals surface area contributed by atoms with E-state index in [4.69, 9.17) is 0 Å². The molecule has 118 valence electrons. The van der Waals surface area contributed by atoms with Crippen LogP contribution in [0.4, 0.5) is 22.0 Å². The van der Waals surface area contributed by atoms with E-state index in [1.165, 1.54) is 0 Å². The van der Waals surface area contributed by atoms with Crippen molar-refractivity contribution < 1.29 is 30.4 Å². The number of rotatable bonds is 2. The van der Waals surface area contributed by atoms with E-state index in [1.54, 1.807) is 0 Å². The van der Waals surface area contributed by atoms with Gasteiger partial charge in [0.2, 0.25) is 10.0 Å². The van der Waals surface area contributed by atoms with Gasteiger partial charge >= 0.3 is 6.18 Å². The minimum absolute atomic E-state index is 0.238. The number of hydrogen-bond donors (Lipinski definition) is 0. The Morgan fingerprint density at radius 3 is 2.38 bits per heavy atom. The molecule has 1 unspecified atom stereocenters. The van der Waals surface area contributed by atoms with Crippen molar-refractivity contribution in [3.8, 4) is 0 Å². The third-order valence-corrected chi connectivity index (χ3v) is 5.25. The number of alkyl halides is 3. The average Bonchev–Trinajstić information content (AvgIpc) is 2.37. The molecule has 1 aromatic carbocycles. The molecule has 2 rings (SSSR count). The molecule has 0 radical (unpaired) electrons. The Labute approximate surface area is 118 Å². The lowest BCUT2D eigenvalue weighted by Gasteiger charge is -2.35. The maximum atomic E-state index is 13.6. The summed E-state index contributed by atoms with van der Waals surface area (Å²) >= 11 is 0. The number of benzene rings is 1. The standard InChI is InChI=1S/C12H12F5NO2S/c13-8-4-5-10(9(14)7-8)21(19,20)18-6-2-1-3-11(18)12(15,16)17/h4-5,7,11H,1-3,6H2. The lowest BCUT2D eigenvalue weighted by molar-refractivity contribution is -0.177. The van der Waals surface area contributed by atoms with Gasteiger partial charge in [0.1, 0.15) is 22.6 Å². The monoisotopic (exact) mass is 329 g/mol. The van der Waals surface area contributed by atoms with Crippen LogP contribution in [0.5, 0.6) is 0 Å². The molecule has 0 bridgehead atoms. The summed E-state index contributed by atoms with van der Waals surface area (Å²) in [5.41, 5.74) is 0. The first-order valence-corrected chi connectivity index (χ1v) is 7.61. The lowest BCUT2D eigenvalue weighted by atomic mass is 10.0. The van der Waals surface area contributed by atoms with Gasteiger partial charge in [0.25, 0.3) is 0 Å². The van der Waals surface area contributed by atoms with Crippen LogP contribution in [0.2, 0.25) is 0 Å². The maximum absolute atomic E-state index is 13.6. The highest BCUT2D eigenvalue weighted by atomic mass is 32.2. The summed E-state index contributed by atoms with van der Waals surface area (Å²) in [5.74, 6) is -2.40. The van der Waals surface area contributed by atoms with Crippen LogP contribution in [0.15, 0.2) is 23.1 Å². The van der Waals surface area contributed by atoms with Crippen LogP contribution in [-0.4, -0.2) is 31.5 Å². The predicted molar refractivity (Wildman–Crippen MR) is 63.9 cm³/mol. The van der Waals surface area contributed by atoms with Crippen molar-refractivity contribution in [3.05, 3.63) is 29.8 Å². The zero-order chi connectivity index (χ0) is 15.8. The van der Waals surface area contributed by atoms with Gasteiger partial charge < -0.3 is 0 Å². The van der Waals surface area contributed by atoms with Crippen LogP contribution in [0.25, 0.3) is 0 Å². The Morgan fingerprint density at radius 1 is 1.14 bits per heavy atom. The van der Waals surface area contributed by atoms with E-state index < -0.39 is 38.8 Å². The van der Waals surface area contributed by atoms with Gasteiger partial charge in [-0.25, -0.2) is 17.2 Å². The molecule has 1 saturated heterocycles. The molecule has 3 nitrogen and oxygen atoms in total. The van der Waals surface area contributed by atoms with E-state index >= 15 is 0 Å². The molecule has 0 spiro atoms. The van der Waals surface area contributed by atoms with E-state index in [2.05, 4.69) is 0 Å². The highest BCUT2D eigenvalue weighted by Crippen LogP contribution is 2.35. The molecule has 1 aliphatic rings. The topological polar surface area (TPSA) is 37.4 Å². The minimum Gasteiger partial charge on any atom is -0.207 e. The molecule has 9 heteroatoms. The summed E-state index contributed by atoms with van der Waals surface area (Å²) in [6.45, 7) is -0.344. The molecule has 21 heavy (non-hydrogen) atoms. The first-order valence-electron chi connectivity index (χ1n) is 6.17. The molecule has 0 aromatic heterocycles. The number of sulfonamides is 1. The van der Waals surface area contributed by atoms with E-state index in [1.807, 2.05) is 0 Å². The first kappa shape index (κ1) is 16.2. The maximum Gasteiger partial charge on any atom is 0.405 e. The van der Waals surface area contributed by atoms with Gasteiger partial charge in [0.05, 0.1) is 0 Å². The Hall–Kier alpha value is -1.22. The largest absolute Gasteiger partial charge is 0.405 e. The fourth-order valence-electron chi connectivity index (χ4n) is 2.33. The first-order chi connectivity index (χ1) is 9.64. The molecule has 1 aliphatic heterocycles. The Morgan fingerprint density at radius 2 is 1.81 bits per heavy atom. The second-order valence-corrected chi connectivity index (χ2v) is 6.60. The van der Waals surface area contributed by atoms with Crippen LogP contribution in [0.3, 0.4) is 0 Å². The third kappa shape index (κ3) is 3.18. The van der Waals surface area contributed by atoms with Gasteiger partial charge in [0, 0.05) is 12.6 Å². The SMILES string of the molecule is O=S(=O)(c1ccc(F)cc1F)N1CCCCC1C(F)(F)F. The smallest absolute Gasteiger partial charge is 0.207 e. The molecule has 1 heterocycles. The fourth-order valence-corrected chi connectivity index (χ4v) is 4.06. The van der Waals surface area contributed by atoms with Crippen LogP contribution in [0, 0.1) is 11.6 Å². The van der Waals surface area contributed by atoms with Crippen LogP contribution < -0.4 is 0 Å². The van der Waals surface area contributed by atoms with Crippen LogP contribution in [0.1, 0.15) is 19.3 Å². The zero-order valence-electron chi connectivity index (χ0n) is 10.7. The van der Waals surface area contributed by atoms with Gasteiger partial charge in [-0.1, -0.05) is 6.42 Å². The van der Waals surface area contributed by atoms with Crippen molar-refractivity contribution in [3.63, 3.8) is 0 Å². The predicted octanol–water partition coefficient (Wildman–Crippen LogP) is 3.07. The second-order valence-electron chi connectivity index (χ2n) is 4.74. The molecule has 1 fully saturated rings. The Bertz CT molecular complexity index is 629. The van der Waals surface area contributed by atoms with Crippen molar-refractivity contribution in [1.29, 1.82) is 0 Å². The van der Waals surface area contributed by atoms with Gasteiger partial charge in [-0.15, -0.1) is 0 Å². The minimum atomic E-state index is -4.73. The quantitative estimate of drug-likeness (QED) is 0.782. The highest BCUT2D eigenvalue weighted by Gasteiger charge is 2.49. The van der Waals surface area contributed by atoms with Crippen molar-refractivity contribution in [2.24, 2.45) is 0 Å². The average molecular weight is 329 g/mol. The van der Waals surface area contributed by atoms with Crippen molar-refractivity contribution in [2.75, 3.05) is 6.54 Å². The van der Waals surface area contributed by atoms with Crippen molar-refractivity contribution in [1.82, 2.24) is 4.31 Å². The molecule has 0 N–H and O–H groups in total. The Kier molecular flexibility index (Phi) is 4.25. The Balaban J connectivity index is 2.46. The number of hydrogen-bond acceptors (Lipinski definition) is 2. The summed E-state index contributed by atoms with van der Waals surface area (Å²) in [6.07, 6.45) is -4.60. The van der Waals surface area contributed by atoms with E-state index in [0.717, 1.165) is 0 Å². The molecular formula is C12H12F5NO2S. The summed E-state index contributed by atoms with van der Waals surface area (Å²) in [5, 5.41) is 0. The number of halogens is 5. The molecule has 1 aromatic rings. The van der Waals surface area contributed by atoms with Crippen molar-refractivity contribution in [2.45, 2.75) is 36.4 Å². The van der Waals surface area contributed by atoms with E-state index in [0.29, 0.717) is 18.2 Å². The summed E-state index contributed by atoms with van der Waals surface area (Å²) in [7, 11) is -4.67. The summed E-state index contributed by atoms with van der Waals surface area (Å²) in [6, 6.07) is -0.509. The summed E-state index contributed by atoms with van der Waals surface area (Å²) < 4.78 is 90.0.